The number of carbonyl (C=O) groups excluding carboxylic acids is 1. The lowest BCUT2D eigenvalue weighted by atomic mass is 10.2. The van der Waals surface area contributed by atoms with Gasteiger partial charge < -0.3 is 5.32 Å². The zero-order valence-corrected chi connectivity index (χ0v) is 14.6. The second-order valence-electron chi connectivity index (χ2n) is 5.06. The van der Waals surface area contributed by atoms with Crippen LogP contribution in [-0.2, 0) is 11.3 Å². The third-order valence-electron chi connectivity index (χ3n) is 3.35. The second kappa shape index (κ2) is 7.26. The van der Waals surface area contributed by atoms with Crippen LogP contribution in [0.3, 0.4) is 0 Å². The molecule has 0 spiro atoms. The highest BCUT2D eigenvalue weighted by atomic mass is 35.5. The summed E-state index contributed by atoms with van der Waals surface area (Å²) in [5.74, 6) is 0.0882. The maximum absolute atomic E-state index is 12.0. The van der Waals surface area contributed by atoms with Crippen LogP contribution < -0.4 is 10.6 Å². The highest BCUT2D eigenvalue weighted by Gasteiger charge is 2.22. The van der Waals surface area contributed by atoms with Crippen molar-refractivity contribution >= 4 is 52.7 Å². The van der Waals surface area contributed by atoms with E-state index < -0.39 is 0 Å². The molecule has 3 rings (SSSR count). The summed E-state index contributed by atoms with van der Waals surface area (Å²) in [6, 6.07) is 12.5. The molecule has 1 amide bonds. The first-order valence-corrected chi connectivity index (χ1v) is 8.19. The highest BCUT2D eigenvalue weighted by molar-refractivity contribution is 6.37. The molecule has 0 aromatic heterocycles. The lowest BCUT2D eigenvalue weighted by molar-refractivity contribution is -0.115. The maximum Gasteiger partial charge on any atom is 0.274 e. The first-order valence-electron chi connectivity index (χ1n) is 7.06. The molecule has 2 aromatic carbocycles. The summed E-state index contributed by atoms with van der Waals surface area (Å²) >= 11 is 18.1. The lowest BCUT2D eigenvalue weighted by Crippen LogP contribution is -2.25. The molecule has 2 aromatic rings. The molecule has 0 aliphatic carbocycles. The summed E-state index contributed by atoms with van der Waals surface area (Å²) in [5.41, 5.74) is 1.90. The predicted molar refractivity (Wildman–Crippen MR) is 98.3 cm³/mol. The molecule has 0 saturated carbocycles. The first kappa shape index (κ1) is 16.8. The van der Waals surface area contributed by atoms with E-state index in [0.717, 1.165) is 5.56 Å². The van der Waals surface area contributed by atoms with E-state index >= 15 is 0 Å². The van der Waals surface area contributed by atoms with E-state index in [0.29, 0.717) is 38.8 Å². The van der Waals surface area contributed by atoms with Crippen molar-refractivity contribution in [3.8, 4) is 0 Å². The molecule has 1 heterocycles. The molecule has 0 radical (unpaired) electrons. The Morgan fingerprint density at radius 3 is 2.29 bits per heavy atom. The van der Waals surface area contributed by atoms with Crippen LogP contribution in [0, 0.1) is 0 Å². The average molecular weight is 381 g/mol. The molecule has 24 heavy (non-hydrogen) atoms. The van der Waals surface area contributed by atoms with E-state index in [9.17, 15) is 4.79 Å². The molecule has 1 saturated heterocycles. The van der Waals surface area contributed by atoms with Crippen LogP contribution >= 0.6 is 34.8 Å². The van der Waals surface area contributed by atoms with Crippen molar-refractivity contribution < 1.29 is 4.79 Å². The van der Waals surface area contributed by atoms with E-state index in [4.69, 9.17) is 34.8 Å². The van der Waals surface area contributed by atoms with Crippen LogP contribution in [0.1, 0.15) is 11.1 Å². The Morgan fingerprint density at radius 2 is 1.62 bits per heavy atom. The number of guanidine groups is 1. The number of hydrogen-bond donors (Lipinski definition) is 2. The topological polar surface area (TPSA) is 53.5 Å². The van der Waals surface area contributed by atoms with Gasteiger partial charge in [-0.05, 0) is 35.9 Å². The quantitative estimate of drug-likeness (QED) is 0.782. The van der Waals surface area contributed by atoms with E-state index in [1.165, 1.54) is 0 Å². The average Bonchev–Trinajstić information content (AvgIpc) is 2.90. The number of nitrogens with zero attached hydrogens (tertiary/aromatic N) is 1. The summed E-state index contributed by atoms with van der Waals surface area (Å²) in [4.78, 5) is 16.4. The predicted octanol–water partition coefficient (Wildman–Crippen LogP) is 4.26. The van der Waals surface area contributed by atoms with Gasteiger partial charge in [0.15, 0.2) is 0 Å². The van der Waals surface area contributed by atoms with Gasteiger partial charge in [-0.15, -0.1) is 0 Å². The van der Waals surface area contributed by atoms with Crippen LogP contribution in [0.15, 0.2) is 53.2 Å². The van der Waals surface area contributed by atoms with Crippen molar-refractivity contribution in [3.05, 3.63) is 74.4 Å². The van der Waals surface area contributed by atoms with Gasteiger partial charge in [-0.2, -0.15) is 0 Å². The second-order valence-corrected chi connectivity index (χ2v) is 6.31. The number of carbonyl (C=O) groups is 1. The molecule has 122 valence electrons. The van der Waals surface area contributed by atoms with Gasteiger partial charge in [-0.1, -0.05) is 53.0 Å². The monoisotopic (exact) mass is 379 g/mol. The minimum absolute atomic E-state index is 0.291. The summed E-state index contributed by atoms with van der Waals surface area (Å²) in [5, 5.41) is 7.20. The molecular weight excluding hydrogens is 369 g/mol. The Balaban J connectivity index is 1.77. The molecule has 7 heteroatoms. The summed E-state index contributed by atoms with van der Waals surface area (Å²) in [7, 11) is 0. The van der Waals surface area contributed by atoms with Crippen LogP contribution in [0.2, 0.25) is 15.1 Å². The molecule has 2 N–H and O–H groups in total. The minimum Gasteiger partial charge on any atom is -0.321 e. The van der Waals surface area contributed by atoms with Gasteiger partial charge in [-0.3, -0.25) is 10.1 Å². The van der Waals surface area contributed by atoms with E-state index in [1.807, 2.05) is 12.1 Å². The van der Waals surface area contributed by atoms with Crippen molar-refractivity contribution in [2.24, 2.45) is 4.99 Å². The number of rotatable bonds is 3. The number of aliphatic imine (C=N–C) groups is 1. The van der Waals surface area contributed by atoms with E-state index in [1.54, 1.807) is 36.4 Å². The number of hydrogen-bond acceptors (Lipinski definition) is 2. The largest absolute Gasteiger partial charge is 0.321 e. The number of benzene rings is 2. The van der Waals surface area contributed by atoms with Crippen molar-refractivity contribution in [1.29, 1.82) is 0 Å². The van der Waals surface area contributed by atoms with E-state index in [-0.39, 0.29) is 5.91 Å². The van der Waals surface area contributed by atoms with Gasteiger partial charge in [0.2, 0.25) is 5.96 Å². The van der Waals surface area contributed by atoms with Crippen LogP contribution in [0.5, 0.6) is 0 Å². The molecular formula is C17H12Cl3N3O. The molecule has 1 aliphatic rings. The molecule has 4 nitrogen and oxygen atoms in total. The van der Waals surface area contributed by atoms with Crippen LogP contribution in [0.25, 0.3) is 6.08 Å². The van der Waals surface area contributed by atoms with Gasteiger partial charge in [-0.25, -0.2) is 4.99 Å². The van der Waals surface area contributed by atoms with Crippen molar-refractivity contribution in [3.63, 3.8) is 0 Å². The Bertz CT molecular complexity index is 824. The van der Waals surface area contributed by atoms with Crippen molar-refractivity contribution in [2.75, 3.05) is 0 Å². The highest BCUT2D eigenvalue weighted by Crippen LogP contribution is 2.26. The number of nitrogens with one attached hydrogen (secondary N) is 2. The first-order chi connectivity index (χ1) is 11.5. The Hall–Kier alpha value is -2.01. The molecule has 1 fully saturated rings. The zero-order valence-electron chi connectivity index (χ0n) is 12.3. The normalized spacial score (nSPS) is 17.2. The fraction of sp³-hybridized carbons (Fsp3) is 0.0588. The zero-order chi connectivity index (χ0) is 17.1. The molecule has 0 atom stereocenters. The standard InChI is InChI=1S/C17H12Cl3N3O/c18-11-6-4-10(5-7-11)9-21-17-22-15(16(24)23-17)8-12-13(19)2-1-3-14(12)20/h1-8H,9H2,(H2,21,22,23,24)/b15-8+. The van der Waals surface area contributed by atoms with Crippen molar-refractivity contribution in [2.45, 2.75) is 6.54 Å². The Kier molecular flexibility index (Phi) is 5.09. The Labute approximate surface area is 154 Å². The number of halogens is 3. The lowest BCUT2D eigenvalue weighted by Gasteiger charge is -2.02. The molecule has 0 bridgehead atoms. The third kappa shape index (κ3) is 3.90. The minimum atomic E-state index is -0.291. The fourth-order valence-electron chi connectivity index (χ4n) is 2.12. The van der Waals surface area contributed by atoms with Gasteiger partial charge in [0.25, 0.3) is 5.91 Å². The van der Waals surface area contributed by atoms with Gasteiger partial charge in [0.05, 0.1) is 6.54 Å². The van der Waals surface area contributed by atoms with Gasteiger partial charge >= 0.3 is 0 Å². The maximum atomic E-state index is 12.0. The van der Waals surface area contributed by atoms with Gasteiger partial charge in [0.1, 0.15) is 5.70 Å². The van der Waals surface area contributed by atoms with E-state index in [2.05, 4.69) is 15.6 Å². The SMILES string of the molecule is O=C1NC(=NCc2ccc(Cl)cc2)N/C1=C/c1c(Cl)cccc1Cl. The van der Waals surface area contributed by atoms with Crippen LogP contribution in [0.4, 0.5) is 0 Å². The third-order valence-corrected chi connectivity index (χ3v) is 4.26. The number of amides is 1. The van der Waals surface area contributed by atoms with Crippen LogP contribution in [-0.4, -0.2) is 11.9 Å². The molecule has 0 unspecified atom stereocenters. The smallest absolute Gasteiger partial charge is 0.274 e. The Morgan fingerprint density at radius 1 is 0.958 bits per heavy atom. The molecule has 1 aliphatic heterocycles. The van der Waals surface area contributed by atoms with Gasteiger partial charge in [0, 0.05) is 20.6 Å². The van der Waals surface area contributed by atoms with Crippen molar-refractivity contribution in [1.82, 2.24) is 10.6 Å². The fourth-order valence-corrected chi connectivity index (χ4v) is 2.76. The summed E-state index contributed by atoms with van der Waals surface area (Å²) in [6.07, 6.45) is 1.60. The summed E-state index contributed by atoms with van der Waals surface area (Å²) in [6.45, 7) is 0.417. The summed E-state index contributed by atoms with van der Waals surface area (Å²) < 4.78 is 0.